The number of nitrogens with zero attached hydrogens (tertiary/aromatic N) is 1. The second-order valence-electron chi connectivity index (χ2n) is 10.4. The lowest BCUT2D eigenvalue weighted by Crippen LogP contribution is -2.54. The molecule has 7 heteroatoms. The molecule has 1 heterocycles. The SMILES string of the molecule is CCC(CC)C[C@H](NC(C)=O)[C@H]1[C@H](COC=N)C[C@H](C(=O)OC(C)(C)C)N1Cc1ccccc1. The normalized spacial score (nSPS) is 21.8. The van der Waals surface area contributed by atoms with Crippen molar-refractivity contribution in [1.82, 2.24) is 10.2 Å². The third-order valence-corrected chi connectivity index (χ3v) is 6.62. The summed E-state index contributed by atoms with van der Waals surface area (Å²) in [7, 11) is 0. The number of esters is 1. The van der Waals surface area contributed by atoms with Gasteiger partial charge in [0.2, 0.25) is 5.91 Å². The van der Waals surface area contributed by atoms with Crippen molar-refractivity contribution >= 4 is 18.3 Å². The number of nitrogens with one attached hydrogen (secondary N) is 2. The van der Waals surface area contributed by atoms with Crippen LogP contribution in [0.4, 0.5) is 0 Å². The van der Waals surface area contributed by atoms with Crippen LogP contribution in [0.3, 0.4) is 0 Å². The molecular weight excluding hydrogens is 430 g/mol. The number of likely N-dealkylation sites (tertiary alicyclic amines) is 1. The molecule has 0 aromatic heterocycles. The molecule has 1 fully saturated rings. The lowest BCUT2D eigenvalue weighted by atomic mass is 9.86. The monoisotopic (exact) mass is 473 g/mol. The molecular formula is C27H43N3O4. The fourth-order valence-electron chi connectivity index (χ4n) is 5.08. The summed E-state index contributed by atoms with van der Waals surface area (Å²) in [5.74, 6) is 0.0901. The first-order valence-electron chi connectivity index (χ1n) is 12.5. The van der Waals surface area contributed by atoms with Gasteiger partial charge in [-0.3, -0.25) is 19.9 Å². The topological polar surface area (TPSA) is 91.7 Å². The van der Waals surface area contributed by atoms with Gasteiger partial charge in [-0.2, -0.15) is 0 Å². The van der Waals surface area contributed by atoms with Crippen LogP contribution in [0.1, 0.15) is 72.8 Å². The van der Waals surface area contributed by atoms with Crippen molar-refractivity contribution in [2.45, 2.75) is 97.5 Å². The lowest BCUT2D eigenvalue weighted by molar-refractivity contribution is -0.161. The first-order valence-corrected chi connectivity index (χ1v) is 12.5. The number of hydrogen-bond donors (Lipinski definition) is 2. The Bertz CT molecular complexity index is 789. The van der Waals surface area contributed by atoms with E-state index in [9.17, 15) is 9.59 Å². The zero-order valence-electron chi connectivity index (χ0n) is 21.7. The summed E-state index contributed by atoms with van der Waals surface area (Å²) in [6, 6.07) is 9.35. The molecule has 0 radical (unpaired) electrons. The van der Waals surface area contributed by atoms with Gasteiger partial charge in [0.25, 0.3) is 0 Å². The average molecular weight is 474 g/mol. The molecule has 1 aliphatic heterocycles. The molecule has 0 aliphatic carbocycles. The highest BCUT2D eigenvalue weighted by Gasteiger charge is 2.49. The molecule has 1 aromatic rings. The fraction of sp³-hybridized carbons (Fsp3) is 0.667. The van der Waals surface area contributed by atoms with Crippen molar-refractivity contribution < 1.29 is 19.1 Å². The Hall–Kier alpha value is -2.41. The van der Waals surface area contributed by atoms with Crippen LogP contribution in [0.25, 0.3) is 0 Å². The van der Waals surface area contributed by atoms with Gasteiger partial charge >= 0.3 is 5.97 Å². The molecule has 34 heavy (non-hydrogen) atoms. The van der Waals surface area contributed by atoms with E-state index in [4.69, 9.17) is 14.9 Å². The Kier molecular flexibility index (Phi) is 10.5. The molecule has 1 aromatic carbocycles. The molecule has 0 unspecified atom stereocenters. The molecule has 2 rings (SSSR count). The second kappa shape index (κ2) is 12.9. The summed E-state index contributed by atoms with van der Waals surface area (Å²) in [6.07, 6.45) is 4.38. The molecule has 0 saturated carbocycles. The van der Waals surface area contributed by atoms with Crippen LogP contribution in [0.15, 0.2) is 30.3 Å². The standard InChI is InChI=1S/C27H43N3O4/c1-7-20(8-2)14-23(29-19(3)31)25-22(17-33-18-28)15-24(26(32)34-27(4,5)6)30(25)16-21-12-10-9-11-13-21/h9-13,18,20,22-25,28H,7-8,14-17H2,1-6H3,(H,29,31)/t22-,23-,24+,25+/m0/s1. The van der Waals surface area contributed by atoms with E-state index >= 15 is 0 Å². The molecule has 2 N–H and O–H groups in total. The Morgan fingerprint density at radius 2 is 1.85 bits per heavy atom. The zero-order chi connectivity index (χ0) is 25.3. The number of rotatable bonds is 12. The highest BCUT2D eigenvalue weighted by atomic mass is 16.6. The van der Waals surface area contributed by atoms with Gasteiger partial charge in [-0.1, -0.05) is 57.0 Å². The van der Waals surface area contributed by atoms with Gasteiger partial charge in [-0.05, 0) is 45.1 Å². The quantitative estimate of drug-likeness (QED) is 0.264. The van der Waals surface area contributed by atoms with Crippen molar-refractivity contribution in [1.29, 1.82) is 5.41 Å². The fourth-order valence-corrected chi connectivity index (χ4v) is 5.08. The van der Waals surface area contributed by atoms with Crippen molar-refractivity contribution in [2.75, 3.05) is 6.61 Å². The van der Waals surface area contributed by atoms with Crippen LogP contribution < -0.4 is 5.32 Å². The van der Waals surface area contributed by atoms with Gasteiger partial charge in [0, 0.05) is 31.5 Å². The summed E-state index contributed by atoms with van der Waals surface area (Å²) in [6.45, 7) is 12.4. The largest absolute Gasteiger partial charge is 0.483 e. The summed E-state index contributed by atoms with van der Waals surface area (Å²) < 4.78 is 11.3. The number of carbonyl (C=O) groups excluding carboxylic acids is 2. The van der Waals surface area contributed by atoms with E-state index in [-0.39, 0.29) is 29.9 Å². The molecule has 0 spiro atoms. The van der Waals surface area contributed by atoms with E-state index in [0.29, 0.717) is 25.5 Å². The van der Waals surface area contributed by atoms with E-state index in [1.165, 1.54) is 0 Å². The van der Waals surface area contributed by atoms with Crippen LogP contribution in [-0.2, 0) is 25.6 Å². The van der Waals surface area contributed by atoms with Crippen molar-refractivity contribution in [3.8, 4) is 0 Å². The first kappa shape index (κ1) is 27.8. The number of benzene rings is 1. The minimum atomic E-state index is -0.596. The van der Waals surface area contributed by atoms with Crippen LogP contribution in [0.2, 0.25) is 0 Å². The average Bonchev–Trinajstić information content (AvgIpc) is 3.12. The van der Waals surface area contributed by atoms with E-state index < -0.39 is 11.6 Å². The Morgan fingerprint density at radius 3 is 2.38 bits per heavy atom. The number of carbonyl (C=O) groups is 2. The van der Waals surface area contributed by atoms with Crippen LogP contribution in [-0.4, -0.2) is 53.5 Å². The van der Waals surface area contributed by atoms with E-state index in [0.717, 1.165) is 31.2 Å². The van der Waals surface area contributed by atoms with Crippen LogP contribution in [0.5, 0.6) is 0 Å². The maximum Gasteiger partial charge on any atom is 0.323 e. The predicted octanol–water partition coefficient (Wildman–Crippen LogP) is 4.54. The summed E-state index contributed by atoms with van der Waals surface area (Å²) in [4.78, 5) is 27.8. The van der Waals surface area contributed by atoms with Gasteiger partial charge in [-0.25, -0.2) is 0 Å². The number of ether oxygens (including phenoxy) is 2. The Labute approximate surface area is 205 Å². The third-order valence-electron chi connectivity index (χ3n) is 6.62. The van der Waals surface area contributed by atoms with E-state index in [1.54, 1.807) is 6.92 Å². The van der Waals surface area contributed by atoms with Crippen molar-refractivity contribution in [3.05, 3.63) is 35.9 Å². The van der Waals surface area contributed by atoms with Gasteiger partial charge in [0.1, 0.15) is 11.6 Å². The highest BCUT2D eigenvalue weighted by Crippen LogP contribution is 2.37. The van der Waals surface area contributed by atoms with Crippen molar-refractivity contribution in [2.24, 2.45) is 11.8 Å². The maximum absolute atomic E-state index is 13.4. The Morgan fingerprint density at radius 1 is 1.21 bits per heavy atom. The van der Waals surface area contributed by atoms with Crippen LogP contribution in [0, 0.1) is 17.2 Å². The summed E-state index contributed by atoms with van der Waals surface area (Å²) >= 11 is 0. The van der Waals surface area contributed by atoms with Gasteiger partial charge < -0.3 is 14.8 Å². The summed E-state index contributed by atoms with van der Waals surface area (Å²) in [5.41, 5.74) is 0.500. The molecule has 7 nitrogen and oxygen atoms in total. The third kappa shape index (κ3) is 8.12. The molecule has 0 bridgehead atoms. The molecule has 190 valence electrons. The van der Waals surface area contributed by atoms with Gasteiger partial charge in [0.05, 0.1) is 6.61 Å². The zero-order valence-corrected chi connectivity index (χ0v) is 21.7. The minimum absolute atomic E-state index is 0.0333. The molecule has 1 saturated heterocycles. The molecule has 1 amide bonds. The smallest absolute Gasteiger partial charge is 0.323 e. The predicted molar refractivity (Wildman–Crippen MR) is 135 cm³/mol. The Balaban J connectivity index is 2.50. The second-order valence-corrected chi connectivity index (χ2v) is 10.4. The molecule has 1 aliphatic rings. The van der Waals surface area contributed by atoms with Crippen LogP contribution >= 0.6 is 0 Å². The summed E-state index contributed by atoms with van der Waals surface area (Å²) in [5, 5.41) is 10.6. The lowest BCUT2D eigenvalue weighted by Gasteiger charge is -2.38. The maximum atomic E-state index is 13.4. The number of hydrogen-bond acceptors (Lipinski definition) is 6. The van der Waals surface area contributed by atoms with E-state index in [2.05, 4.69) is 36.2 Å². The van der Waals surface area contributed by atoms with Crippen molar-refractivity contribution in [3.63, 3.8) is 0 Å². The minimum Gasteiger partial charge on any atom is -0.483 e. The highest BCUT2D eigenvalue weighted by molar-refractivity contribution is 5.77. The number of amides is 1. The van der Waals surface area contributed by atoms with Gasteiger partial charge in [-0.15, -0.1) is 0 Å². The van der Waals surface area contributed by atoms with E-state index in [1.807, 2.05) is 39.0 Å². The molecule has 4 atom stereocenters. The van der Waals surface area contributed by atoms with Gasteiger partial charge in [0.15, 0.2) is 6.40 Å². The first-order chi connectivity index (χ1) is 16.1.